The number of pyridine rings is 4. The Morgan fingerprint density at radius 1 is 0.202 bits per heavy atom. The van der Waals surface area contributed by atoms with Crippen molar-refractivity contribution in [3.8, 4) is 101 Å². The fraction of sp³-hybridized carbons (Fsp3) is 0. The second-order valence-corrected chi connectivity index (χ2v) is 28.1. The molecule has 0 amide bonds. The molecule has 0 saturated heterocycles. The lowest BCUT2D eigenvalue weighted by atomic mass is 9.97. The molecule has 478 valence electrons. The van der Waals surface area contributed by atoms with E-state index in [-0.39, 0.29) is 0 Å². The first-order valence-corrected chi connectivity index (χ1v) is 35.5. The fourth-order valence-corrected chi connectivity index (χ4v) is 18.3. The van der Waals surface area contributed by atoms with E-state index in [9.17, 15) is 0 Å². The number of hydrogen-bond donors (Lipinski definition) is 0. The molecule has 0 spiro atoms. The maximum Gasteiger partial charge on any atom is 0.146 e. The van der Waals surface area contributed by atoms with Crippen LogP contribution in [0.25, 0.3) is 231 Å². The molecule has 0 radical (unpaired) electrons. The smallest absolute Gasteiger partial charge is 0.146 e. The van der Waals surface area contributed by atoms with Crippen molar-refractivity contribution in [2.45, 2.75) is 0 Å². The van der Waals surface area contributed by atoms with Gasteiger partial charge in [-0.15, -0.1) is 0 Å². The first-order chi connectivity index (χ1) is 51.6. The van der Waals surface area contributed by atoms with Gasteiger partial charge < -0.3 is 9.13 Å². The summed E-state index contributed by atoms with van der Waals surface area (Å²) in [5.41, 5.74) is 27.4. The zero-order chi connectivity index (χ0) is 67.6. The Labute approximate surface area is 594 Å². The molecule has 104 heavy (non-hydrogen) atoms. The Morgan fingerprint density at radius 3 is 1.35 bits per heavy atom. The molecule has 0 N–H and O–H groups in total. The third-order valence-corrected chi connectivity index (χ3v) is 22.8. The molecule has 0 unspecified atom stereocenters. The molecule has 8 nitrogen and oxygen atoms in total. The summed E-state index contributed by atoms with van der Waals surface area (Å²) in [7, 11) is 0. The van der Waals surface area contributed by atoms with Gasteiger partial charge in [0, 0.05) is 135 Å². The second-order valence-electron chi connectivity index (χ2n) is 28.1. The topological polar surface area (TPSA) is 71.3 Å². The van der Waals surface area contributed by atoms with Crippen LogP contribution < -0.4 is 0 Å². The van der Waals surface area contributed by atoms with Gasteiger partial charge in [0.2, 0.25) is 0 Å². The van der Waals surface area contributed by atoms with Crippen LogP contribution in [0.5, 0.6) is 0 Å². The molecule has 24 rings (SSSR count). The number of nitrogens with zero attached hydrogens (tertiary/aromatic N) is 8. The number of para-hydroxylation sites is 3. The van der Waals surface area contributed by atoms with Gasteiger partial charge >= 0.3 is 0 Å². The summed E-state index contributed by atoms with van der Waals surface area (Å²) in [4.78, 5) is 20.3. The van der Waals surface area contributed by atoms with Crippen molar-refractivity contribution < 1.29 is 0 Å². The molecule has 2 aliphatic rings. The summed E-state index contributed by atoms with van der Waals surface area (Å²) in [5, 5.41) is 19.1. The van der Waals surface area contributed by atoms with Crippen molar-refractivity contribution >= 4 is 130 Å². The molecule has 0 atom stereocenters. The van der Waals surface area contributed by atoms with E-state index in [1.54, 1.807) is 0 Å². The summed E-state index contributed by atoms with van der Waals surface area (Å²) < 4.78 is 9.62. The van der Waals surface area contributed by atoms with Crippen molar-refractivity contribution in [2.75, 3.05) is 0 Å². The molecular weight excluding hydrogens is 1270 g/mol. The van der Waals surface area contributed by atoms with E-state index >= 15 is 0 Å². The molecule has 0 fully saturated rings. The zero-order valence-corrected chi connectivity index (χ0v) is 55.8. The molecule has 22 aromatic rings. The van der Waals surface area contributed by atoms with E-state index < -0.39 is 0 Å². The minimum atomic E-state index is 0.888. The minimum Gasteiger partial charge on any atom is -0.309 e. The van der Waals surface area contributed by atoms with Gasteiger partial charge in [-0.3, -0.25) is 19.1 Å². The van der Waals surface area contributed by atoms with Crippen LogP contribution >= 0.6 is 0 Å². The first-order valence-electron chi connectivity index (χ1n) is 35.5. The van der Waals surface area contributed by atoms with E-state index in [4.69, 9.17) is 19.9 Å². The molecule has 14 aromatic carbocycles. The first kappa shape index (κ1) is 55.8. The van der Waals surface area contributed by atoms with Gasteiger partial charge in [0.25, 0.3) is 0 Å². The van der Waals surface area contributed by atoms with Crippen LogP contribution in [0.1, 0.15) is 0 Å². The van der Waals surface area contributed by atoms with Crippen LogP contribution in [0, 0.1) is 0 Å². The Hall–Kier alpha value is -14.1. The van der Waals surface area contributed by atoms with Crippen LogP contribution in [0.2, 0.25) is 0 Å². The fourth-order valence-electron chi connectivity index (χ4n) is 18.3. The van der Waals surface area contributed by atoms with E-state index in [2.05, 4.69) is 309 Å². The molecule has 2 aliphatic carbocycles. The number of rotatable bonds is 7. The Kier molecular flexibility index (Phi) is 11.1. The molecule has 0 aliphatic heterocycles. The van der Waals surface area contributed by atoms with E-state index in [0.29, 0.717) is 0 Å². The van der Waals surface area contributed by atoms with E-state index in [1.807, 2.05) is 37.2 Å². The third-order valence-electron chi connectivity index (χ3n) is 22.8. The highest BCUT2D eigenvalue weighted by atomic mass is 15.1. The second kappa shape index (κ2) is 20.8. The number of hydrogen-bond acceptors (Lipinski definition) is 4. The van der Waals surface area contributed by atoms with Crippen LogP contribution in [0.15, 0.2) is 328 Å². The summed E-state index contributed by atoms with van der Waals surface area (Å²) in [5.74, 6) is 1.80. The normalized spacial score (nSPS) is 12.4. The van der Waals surface area contributed by atoms with Gasteiger partial charge in [0.15, 0.2) is 0 Å². The molecule has 0 saturated carbocycles. The largest absolute Gasteiger partial charge is 0.309 e. The van der Waals surface area contributed by atoms with Gasteiger partial charge in [0.1, 0.15) is 11.6 Å². The van der Waals surface area contributed by atoms with Crippen LogP contribution in [-0.4, -0.2) is 38.2 Å². The Morgan fingerprint density at radius 2 is 0.673 bits per heavy atom. The SMILES string of the molecule is c1ccc(-n2c3ccc(-c4ccc5c(c4)c4ccccc4n5-c4nccc5c4-c4cncc6cc(-c7cccc(-n8c9ccc(-c%10ccc%11c(c%10)c%10ccccc%10n%11-c%10nccc%11c%10-c%10cncc%12cccc-%11c%10%12)cc9c9cc%10ccccc%10cc98)c7)cc-5c46)cc3c3c4ccccc4ccc32)cc1. The summed E-state index contributed by atoms with van der Waals surface area (Å²) >= 11 is 0. The maximum atomic E-state index is 5.35. The molecule has 8 aromatic heterocycles. The Bertz CT molecular complexity index is 7610. The average Bonchev–Trinajstić information content (AvgIpc) is 1.56. The Balaban J connectivity index is 0.616. The lowest BCUT2D eigenvalue weighted by molar-refractivity contribution is 1.09. The van der Waals surface area contributed by atoms with Crippen molar-refractivity contribution in [3.05, 3.63) is 328 Å². The summed E-state index contributed by atoms with van der Waals surface area (Å²) in [6, 6.07) is 108. The zero-order valence-electron chi connectivity index (χ0n) is 55.8. The van der Waals surface area contributed by atoms with E-state index in [0.717, 1.165) is 123 Å². The molecular formula is C96H54N8. The number of benzene rings is 14. The minimum absolute atomic E-state index is 0.888. The quantitative estimate of drug-likeness (QED) is 0.159. The van der Waals surface area contributed by atoms with Crippen LogP contribution in [0.4, 0.5) is 0 Å². The van der Waals surface area contributed by atoms with E-state index in [1.165, 1.54) is 109 Å². The summed E-state index contributed by atoms with van der Waals surface area (Å²) in [6.45, 7) is 0. The number of aromatic nitrogens is 8. The van der Waals surface area contributed by atoms with Gasteiger partial charge in [-0.25, -0.2) is 9.97 Å². The van der Waals surface area contributed by atoms with Crippen molar-refractivity contribution in [1.29, 1.82) is 0 Å². The highest BCUT2D eigenvalue weighted by Gasteiger charge is 2.31. The number of fused-ring (bicyclic) bond motifs is 21. The lowest BCUT2D eigenvalue weighted by Crippen LogP contribution is -2.00. The van der Waals surface area contributed by atoms with Crippen LogP contribution in [-0.2, 0) is 0 Å². The van der Waals surface area contributed by atoms with Crippen LogP contribution in [0.3, 0.4) is 0 Å². The van der Waals surface area contributed by atoms with Gasteiger partial charge in [0.05, 0.1) is 44.1 Å². The lowest BCUT2D eigenvalue weighted by Gasteiger charge is -2.13. The summed E-state index contributed by atoms with van der Waals surface area (Å²) in [6.07, 6.45) is 12.0. The standard InChI is InChI=1S/C96H54N8/c1-2-19-66(20-3-1)101-87-36-32-62(48-79(87)92-68-22-7-6-14-55(68)28-37-88(92)101)60-31-35-86-75(46-60)70-24-9-11-27-83(70)104(86)96-94-73(39-41-100-96)78-49-64(42-65-52-98-54-81(94)91(65)78)56-17-12-21-67(43-56)102-84-33-29-61(47-76(84)77-44-57-15-4-5-16-58(57)50-89(77)102)59-30-34-85-74(45-59)69-23-8-10-26-82(69)103(85)95-93-72(38-40-99-95)71-25-13-18-63-51-97-53-80(93)90(63)71/h1-54H. The van der Waals surface area contributed by atoms with Crippen molar-refractivity contribution in [2.24, 2.45) is 0 Å². The highest BCUT2D eigenvalue weighted by Crippen LogP contribution is 2.54. The predicted octanol–water partition coefficient (Wildman–Crippen LogP) is 24.6. The predicted molar refractivity (Wildman–Crippen MR) is 430 cm³/mol. The van der Waals surface area contributed by atoms with Gasteiger partial charge in [-0.05, 0) is 205 Å². The third kappa shape index (κ3) is 7.64. The monoisotopic (exact) mass is 1320 g/mol. The molecule has 8 heterocycles. The molecule has 8 heteroatoms. The maximum absolute atomic E-state index is 5.35. The van der Waals surface area contributed by atoms with Gasteiger partial charge in [-0.2, -0.15) is 0 Å². The van der Waals surface area contributed by atoms with Crippen molar-refractivity contribution in [3.63, 3.8) is 0 Å². The highest BCUT2D eigenvalue weighted by molar-refractivity contribution is 6.24. The van der Waals surface area contributed by atoms with Gasteiger partial charge in [-0.1, -0.05) is 164 Å². The van der Waals surface area contributed by atoms with Crippen molar-refractivity contribution in [1.82, 2.24) is 38.2 Å². The molecule has 0 bridgehead atoms. The average molecular weight is 1320 g/mol.